The summed E-state index contributed by atoms with van der Waals surface area (Å²) in [4.78, 5) is 0.417. The molecule has 0 saturated carbocycles. The van der Waals surface area contributed by atoms with Crippen LogP contribution in [-0.4, -0.2) is 6.61 Å². The Bertz CT molecular complexity index is 483. The van der Waals surface area contributed by atoms with Crippen LogP contribution in [0.4, 0.5) is 0 Å². The van der Waals surface area contributed by atoms with Crippen molar-refractivity contribution in [3.8, 4) is 5.75 Å². The molecule has 0 spiro atoms. The van der Waals surface area contributed by atoms with Gasteiger partial charge in [0.1, 0.15) is 5.75 Å². The van der Waals surface area contributed by atoms with E-state index < -0.39 is 0 Å². The van der Waals surface area contributed by atoms with Crippen molar-refractivity contribution < 1.29 is 4.74 Å². The smallest absolute Gasteiger partial charge is 0.119 e. The van der Waals surface area contributed by atoms with Crippen molar-refractivity contribution in [1.29, 1.82) is 0 Å². The molecule has 0 aromatic heterocycles. The zero-order chi connectivity index (χ0) is 14.2. The van der Waals surface area contributed by atoms with Gasteiger partial charge < -0.3 is 4.74 Å². The Hall–Kier alpha value is -1.28. The molecule has 1 nitrogen and oxygen atoms in total. The molecule has 2 atom stereocenters. The van der Waals surface area contributed by atoms with E-state index in [0.29, 0.717) is 10.7 Å². The standard InChI is InChI=1S/C18H21BrO/c1-15(18(19)16-10-4-2-5-11-16)9-8-14-20-17-12-6-3-7-13-17/h2-7,10-13,15,18H,8-9,14H2,1H3. The second-order valence-corrected chi connectivity index (χ2v) is 6.08. The van der Waals surface area contributed by atoms with Crippen LogP contribution < -0.4 is 4.74 Å². The predicted molar refractivity (Wildman–Crippen MR) is 88.4 cm³/mol. The van der Waals surface area contributed by atoms with E-state index in [1.54, 1.807) is 0 Å². The first-order chi connectivity index (χ1) is 9.77. The third-order valence-electron chi connectivity index (χ3n) is 3.43. The fourth-order valence-corrected chi connectivity index (χ4v) is 2.79. The summed E-state index contributed by atoms with van der Waals surface area (Å²) in [5.41, 5.74) is 1.35. The lowest BCUT2D eigenvalue weighted by atomic mass is 9.97. The highest BCUT2D eigenvalue weighted by molar-refractivity contribution is 9.09. The van der Waals surface area contributed by atoms with Gasteiger partial charge >= 0.3 is 0 Å². The molecule has 0 saturated heterocycles. The monoisotopic (exact) mass is 332 g/mol. The summed E-state index contributed by atoms with van der Waals surface area (Å²) >= 11 is 3.81. The zero-order valence-electron chi connectivity index (χ0n) is 11.8. The molecule has 2 heteroatoms. The van der Waals surface area contributed by atoms with E-state index >= 15 is 0 Å². The number of hydrogen-bond donors (Lipinski definition) is 0. The molecule has 0 N–H and O–H groups in total. The van der Waals surface area contributed by atoms with E-state index in [2.05, 4.69) is 53.2 Å². The van der Waals surface area contributed by atoms with Crippen LogP contribution in [0.25, 0.3) is 0 Å². The van der Waals surface area contributed by atoms with Gasteiger partial charge in [-0.2, -0.15) is 0 Å². The molecule has 0 aliphatic heterocycles. The summed E-state index contributed by atoms with van der Waals surface area (Å²) in [7, 11) is 0. The van der Waals surface area contributed by atoms with Crippen molar-refractivity contribution in [1.82, 2.24) is 0 Å². The second-order valence-electron chi connectivity index (χ2n) is 5.09. The first-order valence-corrected chi connectivity index (χ1v) is 8.06. The molecule has 0 radical (unpaired) electrons. The fourth-order valence-electron chi connectivity index (χ4n) is 2.22. The second kappa shape index (κ2) is 8.11. The maximum atomic E-state index is 5.73. The molecule has 0 aliphatic rings. The minimum Gasteiger partial charge on any atom is -0.494 e. The molecule has 0 heterocycles. The number of para-hydroxylation sites is 1. The van der Waals surface area contributed by atoms with Crippen LogP contribution >= 0.6 is 15.9 Å². The first-order valence-electron chi connectivity index (χ1n) is 7.14. The normalized spacial score (nSPS) is 13.7. The molecular weight excluding hydrogens is 312 g/mol. The van der Waals surface area contributed by atoms with E-state index in [9.17, 15) is 0 Å². The maximum absolute atomic E-state index is 5.73. The van der Waals surface area contributed by atoms with Gasteiger partial charge in [-0.1, -0.05) is 71.4 Å². The predicted octanol–water partition coefficient (Wildman–Crippen LogP) is 5.62. The van der Waals surface area contributed by atoms with Crippen molar-refractivity contribution in [2.45, 2.75) is 24.6 Å². The van der Waals surface area contributed by atoms with Gasteiger partial charge in [0.25, 0.3) is 0 Å². The summed E-state index contributed by atoms with van der Waals surface area (Å²) in [6.07, 6.45) is 2.22. The van der Waals surface area contributed by atoms with Crippen LogP contribution in [0, 0.1) is 5.92 Å². The summed E-state index contributed by atoms with van der Waals surface area (Å²) in [6.45, 7) is 3.07. The molecule has 106 valence electrons. The van der Waals surface area contributed by atoms with E-state index in [4.69, 9.17) is 4.74 Å². The van der Waals surface area contributed by atoms with Crippen molar-refractivity contribution in [3.63, 3.8) is 0 Å². The SMILES string of the molecule is CC(CCCOc1ccccc1)C(Br)c1ccccc1. The average molecular weight is 333 g/mol. The molecule has 2 aromatic carbocycles. The van der Waals surface area contributed by atoms with E-state index in [-0.39, 0.29) is 0 Å². The lowest BCUT2D eigenvalue weighted by Crippen LogP contribution is -2.06. The van der Waals surface area contributed by atoms with Crippen LogP contribution in [0.3, 0.4) is 0 Å². The largest absolute Gasteiger partial charge is 0.494 e. The molecule has 2 aromatic rings. The highest BCUT2D eigenvalue weighted by Crippen LogP contribution is 2.33. The minimum absolute atomic E-state index is 0.417. The zero-order valence-corrected chi connectivity index (χ0v) is 13.4. The Morgan fingerprint density at radius 3 is 2.20 bits per heavy atom. The summed E-state index contributed by atoms with van der Waals surface area (Å²) in [5.74, 6) is 1.55. The molecule has 0 bridgehead atoms. The molecule has 20 heavy (non-hydrogen) atoms. The Morgan fingerprint density at radius 1 is 0.950 bits per heavy atom. The van der Waals surface area contributed by atoms with E-state index in [1.807, 2.05) is 30.3 Å². The third-order valence-corrected chi connectivity index (χ3v) is 4.86. The number of hydrogen-bond acceptors (Lipinski definition) is 1. The highest BCUT2D eigenvalue weighted by atomic mass is 79.9. The number of ether oxygens (including phenoxy) is 1. The molecule has 2 unspecified atom stereocenters. The van der Waals surface area contributed by atoms with E-state index in [1.165, 1.54) is 5.56 Å². The molecule has 0 fully saturated rings. The summed E-state index contributed by atoms with van der Waals surface area (Å²) in [6, 6.07) is 20.6. The topological polar surface area (TPSA) is 9.23 Å². The van der Waals surface area contributed by atoms with Crippen molar-refractivity contribution >= 4 is 15.9 Å². The van der Waals surface area contributed by atoms with Gasteiger partial charge in [-0.15, -0.1) is 0 Å². The van der Waals surface area contributed by atoms with Gasteiger partial charge in [-0.05, 0) is 36.5 Å². The number of rotatable bonds is 7. The lowest BCUT2D eigenvalue weighted by molar-refractivity contribution is 0.294. The minimum atomic E-state index is 0.417. The molecule has 0 amide bonds. The molecule has 0 aliphatic carbocycles. The molecular formula is C18H21BrO. The van der Waals surface area contributed by atoms with Gasteiger partial charge in [0.15, 0.2) is 0 Å². The van der Waals surface area contributed by atoms with Crippen molar-refractivity contribution in [3.05, 3.63) is 66.2 Å². The fraction of sp³-hybridized carbons (Fsp3) is 0.333. The average Bonchev–Trinajstić information content (AvgIpc) is 2.52. The van der Waals surface area contributed by atoms with Crippen LogP contribution in [0.15, 0.2) is 60.7 Å². The van der Waals surface area contributed by atoms with Crippen LogP contribution in [0.5, 0.6) is 5.75 Å². The highest BCUT2D eigenvalue weighted by Gasteiger charge is 2.15. The van der Waals surface area contributed by atoms with Crippen LogP contribution in [0.2, 0.25) is 0 Å². The van der Waals surface area contributed by atoms with Gasteiger partial charge in [-0.3, -0.25) is 0 Å². The van der Waals surface area contributed by atoms with Crippen LogP contribution in [0.1, 0.15) is 30.2 Å². The van der Waals surface area contributed by atoms with E-state index in [0.717, 1.165) is 25.2 Å². The number of benzene rings is 2. The van der Waals surface area contributed by atoms with Crippen molar-refractivity contribution in [2.75, 3.05) is 6.61 Å². The quantitative estimate of drug-likeness (QED) is 0.472. The van der Waals surface area contributed by atoms with Gasteiger partial charge in [0.2, 0.25) is 0 Å². The Labute approximate surface area is 130 Å². The Morgan fingerprint density at radius 2 is 1.55 bits per heavy atom. The third kappa shape index (κ3) is 4.68. The lowest BCUT2D eigenvalue weighted by Gasteiger charge is -2.18. The maximum Gasteiger partial charge on any atom is 0.119 e. The summed E-state index contributed by atoms with van der Waals surface area (Å²) in [5, 5.41) is 0. The summed E-state index contributed by atoms with van der Waals surface area (Å²) < 4.78 is 5.73. The first kappa shape index (κ1) is 15.1. The Balaban J connectivity index is 1.71. The van der Waals surface area contributed by atoms with Gasteiger partial charge in [-0.25, -0.2) is 0 Å². The van der Waals surface area contributed by atoms with Gasteiger partial charge in [0, 0.05) is 4.83 Å². The van der Waals surface area contributed by atoms with Crippen molar-refractivity contribution in [2.24, 2.45) is 5.92 Å². The molecule has 2 rings (SSSR count). The van der Waals surface area contributed by atoms with Crippen LogP contribution in [-0.2, 0) is 0 Å². The number of alkyl halides is 1. The number of halogens is 1. The van der Waals surface area contributed by atoms with Gasteiger partial charge in [0.05, 0.1) is 6.61 Å². The Kier molecular flexibility index (Phi) is 6.13.